The highest BCUT2D eigenvalue weighted by molar-refractivity contribution is 6.18. The Kier molecular flexibility index (Phi) is 3.61. The van der Waals surface area contributed by atoms with Crippen molar-refractivity contribution < 1.29 is 13.9 Å². The van der Waals surface area contributed by atoms with Gasteiger partial charge >= 0.3 is 0 Å². The van der Waals surface area contributed by atoms with Gasteiger partial charge in [-0.2, -0.15) is 0 Å². The van der Waals surface area contributed by atoms with Crippen LogP contribution in [-0.4, -0.2) is 10.8 Å². The van der Waals surface area contributed by atoms with Gasteiger partial charge in [0.2, 0.25) is 5.78 Å². The van der Waals surface area contributed by atoms with Gasteiger partial charge in [0.1, 0.15) is 12.4 Å². The quantitative estimate of drug-likeness (QED) is 0.462. The van der Waals surface area contributed by atoms with Crippen LogP contribution in [0.3, 0.4) is 0 Å². The number of furan rings is 1. The van der Waals surface area contributed by atoms with Gasteiger partial charge in [0, 0.05) is 17.0 Å². The second kappa shape index (κ2) is 6.25. The number of rotatable bonds is 2. The first-order chi connectivity index (χ1) is 13.3. The molecule has 27 heavy (non-hydrogen) atoms. The molecule has 3 heterocycles. The number of carbonyl (C=O) groups excluding carboxylic acids is 1. The second-order valence-corrected chi connectivity index (χ2v) is 6.33. The number of ketones is 1. The highest BCUT2D eigenvalue weighted by Gasteiger charge is 2.30. The minimum atomic E-state index is -0.176. The SMILES string of the molecule is O=C1C(=Cc2ccco2)OCc2nc3ccccc3c(-c3ccccc3)c21. The number of hydrogen-bond acceptors (Lipinski definition) is 4. The molecule has 4 nitrogen and oxygen atoms in total. The van der Waals surface area contributed by atoms with Crippen LogP contribution >= 0.6 is 0 Å². The zero-order chi connectivity index (χ0) is 18.2. The zero-order valence-electron chi connectivity index (χ0n) is 14.4. The predicted molar refractivity (Wildman–Crippen MR) is 103 cm³/mol. The van der Waals surface area contributed by atoms with Gasteiger partial charge in [0.15, 0.2) is 5.76 Å². The van der Waals surface area contributed by atoms with E-state index in [1.165, 1.54) is 0 Å². The molecule has 0 unspecified atom stereocenters. The maximum absolute atomic E-state index is 13.3. The molecule has 0 N–H and O–H groups in total. The number of carbonyl (C=O) groups is 1. The number of pyridine rings is 1. The Bertz CT molecular complexity index is 1180. The van der Waals surface area contributed by atoms with Crippen molar-refractivity contribution >= 4 is 22.8 Å². The molecule has 0 bridgehead atoms. The fourth-order valence-corrected chi connectivity index (χ4v) is 3.46. The summed E-state index contributed by atoms with van der Waals surface area (Å²) in [5.74, 6) is 0.674. The minimum Gasteiger partial charge on any atom is -0.483 e. The van der Waals surface area contributed by atoms with E-state index in [1.54, 1.807) is 24.5 Å². The third-order valence-corrected chi connectivity index (χ3v) is 4.66. The van der Waals surface area contributed by atoms with Crippen molar-refractivity contribution in [3.8, 4) is 11.1 Å². The van der Waals surface area contributed by atoms with Gasteiger partial charge in [-0.25, -0.2) is 4.98 Å². The molecule has 0 atom stereocenters. The molecule has 0 saturated heterocycles. The molecule has 1 aliphatic heterocycles. The summed E-state index contributed by atoms with van der Waals surface area (Å²) in [6, 6.07) is 21.4. The maximum Gasteiger partial charge on any atom is 0.230 e. The second-order valence-electron chi connectivity index (χ2n) is 6.33. The average molecular weight is 353 g/mol. The van der Waals surface area contributed by atoms with Crippen molar-refractivity contribution in [3.63, 3.8) is 0 Å². The number of aromatic nitrogens is 1. The van der Waals surface area contributed by atoms with Crippen molar-refractivity contribution in [2.24, 2.45) is 0 Å². The van der Waals surface area contributed by atoms with Gasteiger partial charge in [-0.3, -0.25) is 4.79 Å². The van der Waals surface area contributed by atoms with Crippen LogP contribution in [0.25, 0.3) is 28.1 Å². The van der Waals surface area contributed by atoms with E-state index in [9.17, 15) is 4.79 Å². The summed E-state index contributed by atoms with van der Waals surface area (Å²) >= 11 is 0. The lowest BCUT2D eigenvalue weighted by atomic mass is 9.90. The van der Waals surface area contributed by atoms with Crippen molar-refractivity contribution in [3.05, 3.63) is 95.8 Å². The van der Waals surface area contributed by atoms with Crippen LogP contribution in [0, 0.1) is 0 Å². The molecule has 4 aromatic rings. The van der Waals surface area contributed by atoms with Crippen molar-refractivity contribution in [1.29, 1.82) is 0 Å². The van der Waals surface area contributed by atoms with Gasteiger partial charge in [0.25, 0.3) is 0 Å². The highest BCUT2D eigenvalue weighted by atomic mass is 16.5. The van der Waals surface area contributed by atoms with Crippen molar-refractivity contribution in [2.45, 2.75) is 6.61 Å². The Balaban J connectivity index is 1.78. The first kappa shape index (κ1) is 15.6. The summed E-state index contributed by atoms with van der Waals surface area (Å²) in [5.41, 5.74) is 4.00. The molecule has 0 aliphatic carbocycles. The predicted octanol–water partition coefficient (Wildman–Crippen LogP) is 5.25. The summed E-state index contributed by atoms with van der Waals surface area (Å²) in [7, 11) is 0. The van der Waals surface area contributed by atoms with Crippen LogP contribution in [-0.2, 0) is 11.3 Å². The summed E-state index contributed by atoms with van der Waals surface area (Å²) in [5, 5.41) is 0.954. The van der Waals surface area contributed by atoms with E-state index in [0.717, 1.165) is 22.0 Å². The Morgan fingerprint density at radius 3 is 2.52 bits per heavy atom. The molecule has 2 aromatic heterocycles. The van der Waals surface area contributed by atoms with E-state index >= 15 is 0 Å². The topological polar surface area (TPSA) is 52.3 Å². The molecule has 0 fully saturated rings. The van der Waals surface area contributed by atoms with Crippen LogP contribution in [0.15, 0.2) is 83.2 Å². The number of nitrogens with zero attached hydrogens (tertiary/aromatic N) is 1. The number of allylic oxidation sites excluding steroid dienone is 1. The smallest absolute Gasteiger partial charge is 0.230 e. The summed E-state index contributed by atoms with van der Waals surface area (Å²) in [6.45, 7) is 0.248. The largest absolute Gasteiger partial charge is 0.483 e. The standard InChI is InChI=1S/C23H15NO3/c25-23-20(13-16-9-6-12-26-16)27-14-19-22(23)21(15-7-2-1-3-8-15)17-10-4-5-11-18(17)24-19/h1-13H,14H2. The lowest BCUT2D eigenvalue weighted by Crippen LogP contribution is -2.19. The molecule has 0 saturated carbocycles. The lowest BCUT2D eigenvalue weighted by molar-refractivity contribution is 0.0866. The zero-order valence-corrected chi connectivity index (χ0v) is 14.4. The Morgan fingerprint density at radius 2 is 1.70 bits per heavy atom. The van der Waals surface area contributed by atoms with E-state index in [4.69, 9.17) is 9.15 Å². The van der Waals surface area contributed by atoms with Crippen molar-refractivity contribution in [2.75, 3.05) is 0 Å². The van der Waals surface area contributed by atoms with Crippen LogP contribution in [0.2, 0.25) is 0 Å². The molecule has 0 amide bonds. The first-order valence-electron chi connectivity index (χ1n) is 8.71. The summed E-state index contributed by atoms with van der Waals surface area (Å²) < 4.78 is 11.1. The summed E-state index contributed by atoms with van der Waals surface area (Å²) in [6.07, 6.45) is 3.20. The molecule has 4 heteroatoms. The van der Waals surface area contributed by atoms with Gasteiger partial charge in [0.05, 0.1) is 23.0 Å². The molecular weight excluding hydrogens is 338 g/mol. The molecule has 2 aromatic carbocycles. The number of Topliss-reactive ketones (excluding diaryl/α,β-unsaturated/α-hetero) is 1. The maximum atomic E-state index is 13.3. The van der Waals surface area contributed by atoms with Gasteiger partial charge in [-0.1, -0.05) is 48.5 Å². The number of ether oxygens (including phenoxy) is 1. The van der Waals surface area contributed by atoms with E-state index in [1.807, 2.05) is 54.6 Å². The van der Waals surface area contributed by atoms with Gasteiger partial charge in [-0.15, -0.1) is 0 Å². The van der Waals surface area contributed by atoms with Crippen LogP contribution < -0.4 is 0 Å². The Labute approximate surface area is 155 Å². The van der Waals surface area contributed by atoms with E-state index < -0.39 is 0 Å². The average Bonchev–Trinajstić information content (AvgIpc) is 3.22. The third kappa shape index (κ3) is 2.62. The fraction of sp³-hybridized carbons (Fsp3) is 0.0435. The molecule has 130 valence electrons. The normalized spacial score (nSPS) is 15.0. The number of hydrogen-bond donors (Lipinski definition) is 0. The van der Waals surface area contributed by atoms with Crippen LogP contribution in [0.1, 0.15) is 21.8 Å². The highest BCUT2D eigenvalue weighted by Crippen LogP contribution is 2.37. The van der Waals surface area contributed by atoms with E-state index in [0.29, 0.717) is 17.0 Å². The monoisotopic (exact) mass is 353 g/mol. The van der Waals surface area contributed by atoms with Crippen LogP contribution in [0.4, 0.5) is 0 Å². The third-order valence-electron chi connectivity index (χ3n) is 4.66. The number of fused-ring (bicyclic) bond motifs is 2. The lowest BCUT2D eigenvalue weighted by Gasteiger charge is -2.22. The van der Waals surface area contributed by atoms with Gasteiger partial charge < -0.3 is 9.15 Å². The Hall–Kier alpha value is -3.66. The van der Waals surface area contributed by atoms with E-state index in [-0.39, 0.29) is 18.1 Å². The number of para-hydroxylation sites is 1. The Morgan fingerprint density at radius 1 is 0.889 bits per heavy atom. The first-order valence-corrected chi connectivity index (χ1v) is 8.71. The van der Waals surface area contributed by atoms with Gasteiger partial charge in [-0.05, 0) is 23.8 Å². The number of benzene rings is 2. The van der Waals surface area contributed by atoms with Crippen LogP contribution in [0.5, 0.6) is 0 Å². The van der Waals surface area contributed by atoms with Crippen molar-refractivity contribution in [1.82, 2.24) is 4.98 Å². The molecule has 1 aliphatic rings. The molecular formula is C23H15NO3. The van der Waals surface area contributed by atoms with E-state index in [2.05, 4.69) is 4.98 Å². The molecule has 5 rings (SSSR count). The fourth-order valence-electron chi connectivity index (χ4n) is 3.46. The molecule has 0 spiro atoms. The summed E-state index contributed by atoms with van der Waals surface area (Å²) in [4.78, 5) is 18.0. The molecule has 0 radical (unpaired) electrons. The minimum absolute atomic E-state index is 0.176.